The van der Waals surface area contributed by atoms with E-state index in [0.717, 1.165) is 27.6 Å². The lowest BCUT2D eigenvalue weighted by molar-refractivity contribution is -0.701. The second-order valence-electron chi connectivity index (χ2n) is 6.73. The van der Waals surface area contributed by atoms with Crippen molar-refractivity contribution < 1.29 is 18.6 Å². The van der Waals surface area contributed by atoms with Gasteiger partial charge in [-0.05, 0) is 23.3 Å². The number of nitrogens with zero attached hydrogens (tertiary/aromatic N) is 3. The molecule has 29 heavy (non-hydrogen) atoms. The van der Waals surface area contributed by atoms with E-state index >= 15 is 0 Å². The van der Waals surface area contributed by atoms with Crippen LogP contribution in [-0.2, 0) is 4.57 Å². The fraction of sp³-hybridized carbons (Fsp3) is 0.0870. The van der Waals surface area contributed by atoms with Gasteiger partial charge in [0.25, 0.3) is 0 Å². The van der Waals surface area contributed by atoms with Gasteiger partial charge in [0.05, 0.1) is 17.0 Å². The number of benzene rings is 2. The van der Waals surface area contributed by atoms with Gasteiger partial charge in [0.15, 0.2) is 24.8 Å². The summed E-state index contributed by atoms with van der Waals surface area (Å²) in [5, 5.41) is 11.3. The minimum atomic E-state index is -2.51. The van der Waals surface area contributed by atoms with Gasteiger partial charge in [-0.3, -0.25) is 0 Å². The summed E-state index contributed by atoms with van der Waals surface area (Å²) in [6.45, 7) is 1.65. The van der Waals surface area contributed by atoms with Crippen LogP contribution in [0.15, 0.2) is 85.5 Å². The molecule has 0 aliphatic carbocycles. The summed E-state index contributed by atoms with van der Waals surface area (Å²) in [5.74, 6) is -0.568. The number of rotatable bonds is 4. The van der Waals surface area contributed by atoms with Crippen LogP contribution in [0.25, 0.3) is 27.6 Å². The van der Waals surface area contributed by atoms with E-state index in [-0.39, 0.29) is 0 Å². The van der Waals surface area contributed by atoms with Gasteiger partial charge < -0.3 is 4.89 Å². The van der Waals surface area contributed by atoms with Crippen molar-refractivity contribution in [1.82, 2.24) is 0 Å². The molecular weight excluding hydrogens is 381 g/mol. The van der Waals surface area contributed by atoms with Crippen LogP contribution < -0.4 is 14.0 Å². The summed E-state index contributed by atoms with van der Waals surface area (Å²) in [7, 11) is -2.51. The second kappa shape index (κ2) is 7.89. The summed E-state index contributed by atoms with van der Waals surface area (Å²) in [5.41, 5.74) is 3.70. The zero-order chi connectivity index (χ0) is 20.4. The van der Waals surface area contributed by atoms with Crippen molar-refractivity contribution in [3.63, 3.8) is 0 Å². The number of nitriles is 1. The van der Waals surface area contributed by atoms with Crippen molar-refractivity contribution in [2.75, 3.05) is 0 Å². The van der Waals surface area contributed by atoms with Crippen molar-refractivity contribution >= 4 is 18.8 Å². The summed E-state index contributed by atoms with van der Waals surface area (Å²) in [6.07, 6.45) is 7.53. The van der Waals surface area contributed by atoms with Crippen LogP contribution in [0.2, 0.25) is 0 Å². The Kier molecular flexibility index (Phi) is 5.14. The topological polar surface area (TPSA) is 71.7 Å². The molecule has 2 heterocycles. The largest absolute Gasteiger partial charge is 0.590 e. The Hall–Kier alpha value is -3.45. The molecule has 0 fully saturated rings. The molecule has 4 rings (SSSR count). The van der Waals surface area contributed by atoms with E-state index < -0.39 is 13.8 Å². The van der Waals surface area contributed by atoms with Gasteiger partial charge in [-0.15, -0.1) is 0 Å². The smallest absolute Gasteiger partial charge is 0.384 e. The van der Waals surface area contributed by atoms with Crippen LogP contribution in [-0.4, -0.2) is 0 Å². The highest BCUT2D eigenvalue weighted by molar-refractivity contribution is 7.36. The molecule has 4 aromatic rings. The first-order chi connectivity index (χ1) is 14.1. The van der Waals surface area contributed by atoms with Crippen LogP contribution in [0.5, 0.6) is 0 Å². The molecule has 6 heteroatoms. The first-order valence-electron chi connectivity index (χ1n) is 9.16. The molecule has 2 aromatic carbocycles. The molecule has 0 saturated carbocycles. The maximum atomic E-state index is 11.2. The fourth-order valence-corrected chi connectivity index (χ4v) is 3.75. The Morgan fingerprint density at radius 2 is 1.48 bits per heavy atom. The SMILES string of the molecule is CC([n+]1ccc(-c2cc[n+](-c3ccc(C#N)c4ccccc34)cc2)cc1)[P+](=O)[O-]. The van der Waals surface area contributed by atoms with Crippen LogP contribution in [0.3, 0.4) is 0 Å². The minimum absolute atomic E-state index is 0.568. The molecule has 0 bridgehead atoms. The van der Waals surface area contributed by atoms with Gasteiger partial charge in [-0.1, -0.05) is 22.8 Å². The molecule has 2 unspecified atom stereocenters. The van der Waals surface area contributed by atoms with Gasteiger partial charge in [0.2, 0.25) is 5.69 Å². The maximum absolute atomic E-state index is 11.2. The predicted molar refractivity (Wildman–Crippen MR) is 108 cm³/mol. The van der Waals surface area contributed by atoms with Gasteiger partial charge in [-0.25, -0.2) is 0 Å². The lowest BCUT2D eigenvalue weighted by atomic mass is 10.0. The first kappa shape index (κ1) is 18.9. The molecule has 2 aromatic heterocycles. The Bertz CT molecular complexity index is 1250. The Labute approximate surface area is 169 Å². The van der Waals surface area contributed by atoms with Crippen LogP contribution in [0, 0.1) is 11.3 Å². The molecule has 0 saturated heterocycles. The lowest BCUT2D eigenvalue weighted by Crippen LogP contribution is -2.36. The molecule has 2 atom stereocenters. The van der Waals surface area contributed by atoms with Gasteiger partial charge in [-0.2, -0.15) is 14.4 Å². The third-order valence-electron chi connectivity index (χ3n) is 5.05. The fourth-order valence-electron chi connectivity index (χ4n) is 3.37. The van der Waals surface area contributed by atoms with E-state index in [1.165, 1.54) is 0 Å². The van der Waals surface area contributed by atoms with E-state index in [9.17, 15) is 14.7 Å². The van der Waals surface area contributed by atoms with E-state index in [1.807, 2.05) is 77.6 Å². The van der Waals surface area contributed by atoms with Crippen molar-refractivity contribution in [3.8, 4) is 22.9 Å². The number of hydrogen-bond donors (Lipinski definition) is 0. The summed E-state index contributed by atoms with van der Waals surface area (Å²) in [4.78, 5) is 11.2. The number of aromatic nitrogens is 2. The molecule has 140 valence electrons. The molecule has 0 spiro atoms. The van der Waals surface area contributed by atoms with Crippen LogP contribution in [0.4, 0.5) is 0 Å². The van der Waals surface area contributed by atoms with E-state index in [1.54, 1.807) is 23.9 Å². The van der Waals surface area contributed by atoms with E-state index in [4.69, 9.17) is 0 Å². The highest BCUT2D eigenvalue weighted by Gasteiger charge is 2.24. The maximum Gasteiger partial charge on any atom is 0.384 e. The third-order valence-corrected chi connectivity index (χ3v) is 5.93. The Morgan fingerprint density at radius 1 is 0.897 bits per heavy atom. The molecule has 0 aliphatic rings. The molecule has 0 radical (unpaired) electrons. The second-order valence-corrected chi connectivity index (χ2v) is 8.05. The number of fused-ring (bicyclic) bond motifs is 1. The average Bonchev–Trinajstić information content (AvgIpc) is 2.78. The normalized spacial score (nSPS) is 12.4. The van der Waals surface area contributed by atoms with Gasteiger partial charge in [0, 0.05) is 42.6 Å². The number of pyridine rings is 2. The summed E-state index contributed by atoms with van der Waals surface area (Å²) >= 11 is 0. The van der Waals surface area contributed by atoms with Gasteiger partial charge >= 0.3 is 13.8 Å². The van der Waals surface area contributed by atoms with Crippen molar-refractivity contribution in [2.24, 2.45) is 0 Å². The van der Waals surface area contributed by atoms with Crippen molar-refractivity contribution in [1.29, 1.82) is 5.26 Å². The minimum Gasteiger partial charge on any atom is -0.590 e. The van der Waals surface area contributed by atoms with E-state index in [2.05, 4.69) is 6.07 Å². The monoisotopic (exact) mass is 399 g/mol. The predicted octanol–water partition coefficient (Wildman–Crippen LogP) is 3.56. The average molecular weight is 399 g/mol. The lowest BCUT2D eigenvalue weighted by Gasteiger charge is -2.05. The van der Waals surface area contributed by atoms with E-state index in [0.29, 0.717) is 5.56 Å². The molecule has 5 nitrogen and oxygen atoms in total. The highest BCUT2D eigenvalue weighted by atomic mass is 31.1. The Balaban J connectivity index is 1.68. The highest BCUT2D eigenvalue weighted by Crippen LogP contribution is 2.24. The van der Waals surface area contributed by atoms with Crippen LogP contribution in [0.1, 0.15) is 18.3 Å². The molecular formula is C23H18N3O2P+2. The van der Waals surface area contributed by atoms with Crippen LogP contribution >= 0.6 is 8.03 Å². The quantitative estimate of drug-likeness (QED) is 0.389. The third kappa shape index (κ3) is 3.64. The zero-order valence-electron chi connectivity index (χ0n) is 15.8. The summed E-state index contributed by atoms with van der Waals surface area (Å²) < 4.78 is 14.9. The zero-order valence-corrected chi connectivity index (χ0v) is 16.7. The summed E-state index contributed by atoms with van der Waals surface area (Å²) in [6, 6.07) is 21.8. The number of hydrogen-bond acceptors (Lipinski definition) is 3. The molecule has 0 N–H and O–H groups in total. The molecule has 0 aliphatic heterocycles. The van der Waals surface area contributed by atoms with Crippen molar-refractivity contribution in [2.45, 2.75) is 12.7 Å². The standard InChI is InChI=1S/C23H18N3O2P/c1-17(29(27)28)25-12-8-18(9-13-25)19-10-14-26(15-11-19)23-7-6-20(16-24)21-4-2-3-5-22(21)23/h2-15,17H,1H3/q+2. The van der Waals surface area contributed by atoms with Crippen molar-refractivity contribution in [3.05, 3.63) is 91.0 Å². The molecule has 0 amide bonds. The first-order valence-corrected chi connectivity index (χ1v) is 10.4. The van der Waals surface area contributed by atoms with Gasteiger partial charge in [0.1, 0.15) is 0 Å². The Morgan fingerprint density at radius 3 is 2.07 bits per heavy atom.